The Morgan fingerprint density at radius 3 is 2.76 bits per heavy atom. The summed E-state index contributed by atoms with van der Waals surface area (Å²) in [6, 6.07) is 7.63. The Kier molecular flexibility index (Phi) is 4.93. The highest BCUT2D eigenvalue weighted by molar-refractivity contribution is 6.32. The van der Waals surface area contributed by atoms with Crippen LogP contribution < -0.4 is 10.2 Å². The summed E-state index contributed by atoms with van der Waals surface area (Å²) in [6.45, 7) is 5.06. The molecule has 3 aliphatic rings. The van der Waals surface area contributed by atoms with Gasteiger partial charge in [0.05, 0.1) is 17.9 Å². The number of aromatic nitrogens is 1. The van der Waals surface area contributed by atoms with Crippen molar-refractivity contribution in [3.63, 3.8) is 0 Å². The fourth-order valence-corrected chi connectivity index (χ4v) is 4.44. The molecule has 0 radical (unpaired) electrons. The number of nitrogens with zero attached hydrogens (tertiary/aromatic N) is 3. The maximum absolute atomic E-state index is 13.6. The largest absolute Gasteiger partial charge is 0.482 e. The third kappa shape index (κ3) is 3.54. The molecule has 1 aromatic heterocycles. The maximum Gasteiger partial charge on any atom is 0.325 e. The van der Waals surface area contributed by atoms with E-state index in [0.717, 1.165) is 11.1 Å². The number of aliphatic hydroxyl groups is 1. The number of hydrogen-bond donors (Lipinski definition) is 2. The smallest absolute Gasteiger partial charge is 0.325 e. The first kappa shape index (κ1) is 21.1. The maximum atomic E-state index is 13.6. The number of halogens is 1. The molecule has 4 heterocycles. The number of benzene rings is 1. The van der Waals surface area contributed by atoms with Crippen LogP contribution in [-0.4, -0.2) is 58.8 Å². The summed E-state index contributed by atoms with van der Waals surface area (Å²) >= 11 is 0. The van der Waals surface area contributed by atoms with Crippen LogP contribution in [0.4, 0.5) is 20.7 Å². The number of fused-ring (bicyclic) bond motifs is 1. The number of β-amino-alcohol motifs (C(OH)–C–C–N with tert-alkyl or cyclic N) is 1. The van der Waals surface area contributed by atoms with Crippen LogP contribution in [0, 0.1) is 5.82 Å². The van der Waals surface area contributed by atoms with E-state index in [0.29, 0.717) is 48.0 Å². The molecule has 0 unspecified atom stereocenters. The Labute approximate surface area is 190 Å². The summed E-state index contributed by atoms with van der Waals surface area (Å²) in [4.78, 5) is 32.7. The molecule has 3 amide bonds. The van der Waals surface area contributed by atoms with Crippen LogP contribution in [0.1, 0.15) is 25.0 Å². The molecular weight excluding hydrogens is 427 g/mol. The van der Waals surface area contributed by atoms with E-state index in [9.17, 15) is 14.0 Å². The van der Waals surface area contributed by atoms with Crippen molar-refractivity contribution in [2.24, 2.45) is 0 Å². The van der Waals surface area contributed by atoms with Gasteiger partial charge < -0.3 is 20.1 Å². The molecule has 1 aromatic carbocycles. The molecule has 8 nitrogen and oxygen atoms in total. The number of carbonyl (C=O) groups is 2. The predicted molar refractivity (Wildman–Crippen MR) is 121 cm³/mol. The zero-order valence-electron chi connectivity index (χ0n) is 18.3. The molecule has 0 spiro atoms. The van der Waals surface area contributed by atoms with Gasteiger partial charge in [-0.15, -0.1) is 0 Å². The van der Waals surface area contributed by atoms with Crippen LogP contribution >= 0.6 is 0 Å². The summed E-state index contributed by atoms with van der Waals surface area (Å²) < 4.78 is 19.7. The van der Waals surface area contributed by atoms with E-state index in [-0.39, 0.29) is 18.5 Å². The van der Waals surface area contributed by atoms with Gasteiger partial charge in [0.25, 0.3) is 5.91 Å². The van der Waals surface area contributed by atoms with Crippen LogP contribution in [0.5, 0.6) is 0 Å². The van der Waals surface area contributed by atoms with Crippen molar-refractivity contribution in [1.29, 1.82) is 0 Å². The first-order valence-electron chi connectivity index (χ1n) is 10.7. The third-order valence-electron chi connectivity index (χ3n) is 6.06. The van der Waals surface area contributed by atoms with Crippen molar-refractivity contribution < 1.29 is 23.8 Å². The minimum absolute atomic E-state index is 0.0789. The van der Waals surface area contributed by atoms with Gasteiger partial charge in [0.1, 0.15) is 23.0 Å². The van der Waals surface area contributed by atoms with E-state index in [1.54, 1.807) is 28.1 Å². The minimum atomic E-state index is -0.726. The summed E-state index contributed by atoms with van der Waals surface area (Å²) in [5, 5.41) is 11.8. The second kappa shape index (κ2) is 7.70. The van der Waals surface area contributed by atoms with Gasteiger partial charge in [0.2, 0.25) is 0 Å². The van der Waals surface area contributed by atoms with E-state index in [2.05, 4.69) is 10.3 Å². The van der Waals surface area contributed by atoms with Crippen LogP contribution in [0.15, 0.2) is 48.4 Å². The number of nitrogens with one attached hydrogen (secondary N) is 1. The standard InChI is InChI=1S/C24H23FN4O4/c1-24(2)17(12-19(33-24)21-16-5-4-15(25)11-18(16)27-22(21)31)14-3-6-20(26-13-14)29-8-7-28(9-10-30)23(29)32/h3-6,11-13,30H,7-10H2,1-2H3,(H,27,31)/b21-19+. The highest BCUT2D eigenvalue weighted by atomic mass is 19.1. The summed E-state index contributed by atoms with van der Waals surface area (Å²) in [5.41, 5.74) is 2.29. The van der Waals surface area contributed by atoms with Crippen LogP contribution in [0.2, 0.25) is 0 Å². The molecule has 0 aliphatic carbocycles. The van der Waals surface area contributed by atoms with Gasteiger partial charge in [-0.05, 0) is 50.3 Å². The van der Waals surface area contributed by atoms with Gasteiger partial charge in [0, 0.05) is 42.5 Å². The number of ether oxygens (including phenoxy) is 1. The summed E-state index contributed by atoms with van der Waals surface area (Å²) in [5.74, 6) is 0.182. The molecule has 1 saturated heterocycles. The molecular formula is C24H23FN4O4. The Bertz CT molecular complexity index is 1220. The Morgan fingerprint density at radius 2 is 2.03 bits per heavy atom. The Balaban J connectivity index is 1.46. The van der Waals surface area contributed by atoms with Gasteiger partial charge in [-0.25, -0.2) is 14.2 Å². The number of amides is 3. The second-order valence-electron chi connectivity index (χ2n) is 8.60. The predicted octanol–water partition coefficient (Wildman–Crippen LogP) is 3.01. The number of allylic oxidation sites excluding steroid dienone is 1. The van der Waals surface area contributed by atoms with Gasteiger partial charge in [-0.1, -0.05) is 0 Å². The fourth-order valence-electron chi connectivity index (χ4n) is 4.44. The third-order valence-corrected chi connectivity index (χ3v) is 6.06. The van der Waals surface area contributed by atoms with Crippen molar-refractivity contribution in [2.75, 3.05) is 36.5 Å². The number of carbonyl (C=O) groups excluding carboxylic acids is 2. The van der Waals surface area contributed by atoms with Crippen molar-refractivity contribution in [1.82, 2.24) is 9.88 Å². The normalized spacial score (nSPS) is 21.3. The highest BCUT2D eigenvalue weighted by Gasteiger charge is 2.38. The lowest BCUT2D eigenvalue weighted by molar-refractivity contribution is -0.111. The van der Waals surface area contributed by atoms with Crippen molar-refractivity contribution in [3.05, 3.63) is 65.3 Å². The molecule has 0 atom stereocenters. The lowest BCUT2D eigenvalue weighted by Crippen LogP contribution is -2.33. The zero-order chi connectivity index (χ0) is 23.3. The number of rotatable bonds is 4. The van der Waals surface area contributed by atoms with E-state index in [1.165, 1.54) is 12.1 Å². The molecule has 0 bridgehead atoms. The first-order chi connectivity index (χ1) is 15.8. The quantitative estimate of drug-likeness (QED) is 0.699. The Hall–Kier alpha value is -3.72. The number of hydrogen-bond acceptors (Lipinski definition) is 5. The highest BCUT2D eigenvalue weighted by Crippen LogP contribution is 2.44. The molecule has 170 valence electrons. The van der Waals surface area contributed by atoms with Crippen LogP contribution in [0.3, 0.4) is 0 Å². The number of urea groups is 1. The second-order valence-corrected chi connectivity index (χ2v) is 8.60. The van der Waals surface area contributed by atoms with Crippen LogP contribution in [-0.2, 0) is 9.53 Å². The minimum Gasteiger partial charge on any atom is -0.482 e. The lowest BCUT2D eigenvalue weighted by atomic mass is 9.93. The number of aliphatic hydroxyl groups excluding tert-OH is 1. The van der Waals surface area contributed by atoms with E-state index in [1.807, 2.05) is 26.0 Å². The average Bonchev–Trinajstić information content (AvgIpc) is 3.40. The average molecular weight is 450 g/mol. The fraction of sp³-hybridized carbons (Fsp3) is 0.292. The molecule has 1 fully saturated rings. The molecule has 3 aliphatic heterocycles. The van der Waals surface area contributed by atoms with E-state index in [4.69, 9.17) is 9.84 Å². The van der Waals surface area contributed by atoms with Gasteiger partial charge in [-0.2, -0.15) is 0 Å². The lowest BCUT2D eigenvalue weighted by Gasteiger charge is -2.24. The van der Waals surface area contributed by atoms with Gasteiger partial charge >= 0.3 is 6.03 Å². The first-order valence-corrected chi connectivity index (χ1v) is 10.7. The summed E-state index contributed by atoms with van der Waals surface area (Å²) in [6.07, 6.45) is 3.49. The number of pyridine rings is 1. The topological polar surface area (TPSA) is 95.0 Å². The van der Waals surface area contributed by atoms with Crippen LogP contribution in [0.25, 0.3) is 11.1 Å². The van der Waals surface area contributed by atoms with Crippen molar-refractivity contribution in [3.8, 4) is 0 Å². The molecule has 2 aromatic rings. The van der Waals surface area contributed by atoms with E-state index >= 15 is 0 Å². The van der Waals surface area contributed by atoms with E-state index < -0.39 is 11.4 Å². The zero-order valence-corrected chi connectivity index (χ0v) is 18.3. The number of anilines is 2. The molecule has 9 heteroatoms. The SMILES string of the molecule is CC1(C)O/C(=C2/C(=O)Nc3cc(F)ccc32)C=C1c1ccc(N2CCN(CCO)C2=O)nc1. The summed E-state index contributed by atoms with van der Waals surface area (Å²) in [7, 11) is 0. The molecule has 5 rings (SSSR count). The molecule has 2 N–H and O–H groups in total. The molecule has 33 heavy (non-hydrogen) atoms. The van der Waals surface area contributed by atoms with Gasteiger partial charge in [-0.3, -0.25) is 9.69 Å². The van der Waals surface area contributed by atoms with Crippen molar-refractivity contribution in [2.45, 2.75) is 19.4 Å². The monoisotopic (exact) mass is 450 g/mol. The Morgan fingerprint density at radius 1 is 1.21 bits per heavy atom. The van der Waals surface area contributed by atoms with Crippen molar-refractivity contribution >= 4 is 34.6 Å². The van der Waals surface area contributed by atoms with Gasteiger partial charge in [0.15, 0.2) is 0 Å². The molecule has 0 saturated carbocycles.